The van der Waals surface area contributed by atoms with E-state index in [9.17, 15) is 10.1 Å². The van der Waals surface area contributed by atoms with Gasteiger partial charge in [0.2, 0.25) is 5.95 Å². The Labute approximate surface area is 128 Å². The fourth-order valence-corrected chi connectivity index (χ4v) is 3.17. The maximum absolute atomic E-state index is 10.6. The molecule has 0 amide bonds. The van der Waals surface area contributed by atoms with E-state index in [-0.39, 0.29) is 11.1 Å². The lowest BCUT2D eigenvalue weighted by Crippen LogP contribution is -2.31. The number of anilines is 1. The van der Waals surface area contributed by atoms with Crippen molar-refractivity contribution in [3.63, 3.8) is 0 Å². The number of aromatic nitrogens is 2. The highest BCUT2D eigenvalue weighted by Crippen LogP contribution is 2.41. The zero-order valence-corrected chi connectivity index (χ0v) is 12.2. The van der Waals surface area contributed by atoms with Crippen LogP contribution in [0.15, 0.2) is 42.7 Å². The highest BCUT2D eigenvalue weighted by molar-refractivity contribution is 5.34. The number of hydrogen-bond donors (Lipinski definition) is 1. The van der Waals surface area contributed by atoms with E-state index in [1.807, 2.05) is 6.07 Å². The summed E-state index contributed by atoms with van der Waals surface area (Å²) in [5.41, 5.74) is 1.35. The van der Waals surface area contributed by atoms with Crippen molar-refractivity contribution in [3.05, 3.63) is 58.4 Å². The molecule has 1 aromatic heterocycles. The molecule has 6 nitrogen and oxygen atoms in total. The average Bonchev–Trinajstić information content (AvgIpc) is 3.04. The molecule has 0 unspecified atom stereocenters. The Morgan fingerprint density at radius 3 is 2.36 bits per heavy atom. The lowest BCUT2D eigenvalue weighted by Gasteiger charge is -2.30. The van der Waals surface area contributed by atoms with Crippen LogP contribution in [0.1, 0.15) is 31.2 Å². The van der Waals surface area contributed by atoms with Crippen molar-refractivity contribution in [2.45, 2.75) is 31.1 Å². The largest absolute Gasteiger partial charge is 0.353 e. The molecule has 0 atom stereocenters. The first-order valence-electron chi connectivity index (χ1n) is 7.45. The lowest BCUT2D eigenvalue weighted by molar-refractivity contribution is -0.385. The molecule has 1 heterocycles. The van der Waals surface area contributed by atoms with Crippen molar-refractivity contribution in [2.24, 2.45) is 0 Å². The number of nitrogens with one attached hydrogen (secondary N) is 1. The van der Waals surface area contributed by atoms with Gasteiger partial charge in [-0.3, -0.25) is 10.1 Å². The number of rotatable bonds is 5. The Kier molecular flexibility index (Phi) is 4.00. The van der Waals surface area contributed by atoms with E-state index >= 15 is 0 Å². The third-order valence-electron chi connectivity index (χ3n) is 4.38. The molecule has 1 aliphatic carbocycles. The molecular weight excluding hydrogens is 280 g/mol. The standard InChI is InChI=1S/C16H18N4O2/c21-20(22)14-10-17-15(18-11-14)19-12-16(8-4-5-9-16)13-6-2-1-3-7-13/h1-3,6-7,10-11H,4-5,8-9,12H2,(H,17,18,19). The molecule has 0 aliphatic heterocycles. The first-order chi connectivity index (χ1) is 10.7. The third-order valence-corrected chi connectivity index (χ3v) is 4.38. The minimum atomic E-state index is -0.494. The molecule has 1 aromatic carbocycles. The van der Waals surface area contributed by atoms with Gasteiger partial charge >= 0.3 is 5.69 Å². The first kappa shape index (κ1) is 14.4. The molecule has 22 heavy (non-hydrogen) atoms. The van der Waals surface area contributed by atoms with Gasteiger partial charge in [0, 0.05) is 12.0 Å². The minimum absolute atomic E-state index is 0.0933. The Morgan fingerprint density at radius 1 is 1.14 bits per heavy atom. The second-order valence-electron chi connectivity index (χ2n) is 5.73. The fraction of sp³-hybridized carbons (Fsp3) is 0.375. The van der Waals surface area contributed by atoms with Crippen molar-refractivity contribution < 1.29 is 4.92 Å². The van der Waals surface area contributed by atoms with Gasteiger partial charge in [0.25, 0.3) is 0 Å². The molecule has 1 aliphatic rings. The molecule has 1 fully saturated rings. The zero-order valence-electron chi connectivity index (χ0n) is 12.2. The van der Waals surface area contributed by atoms with Gasteiger partial charge in [0.1, 0.15) is 12.4 Å². The smallest absolute Gasteiger partial charge is 0.305 e. The topological polar surface area (TPSA) is 81.0 Å². The predicted molar refractivity (Wildman–Crippen MR) is 83.8 cm³/mol. The highest BCUT2D eigenvalue weighted by Gasteiger charge is 2.35. The zero-order chi connectivity index (χ0) is 15.4. The van der Waals surface area contributed by atoms with Crippen molar-refractivity contribution in [2.75, 3.05) is 11.9 Å². The van der Waals surface area contributed by atoms with Gasteiger partial charge < -0.3 is 5.32 Å². The molecule has 0 saturated heterocycles. The van der Waals surface area contributed by atoms with Gasteiger partial charge in [0.05, 0.1) is 4.92 Å². The van der Waals surface area contributed by atoms with Crippen molar-refractivity contribution in [1.82, 2.24) is 9.97 Å². The van der Waals surface area contributed by atoms with Crippen LogP contribution in [0.4, 0.5) is 11.6 Å². The molecule has 1 N–H and O–H groups in total. The number of hydrogen-bond acceptors (Lipinski definition) is 5. The third kappa shape index (κ3) is 2.90. The normalized spacial score (nSPS) is 16.4. The second-order valence-corrected chi connectivity index (χ2v) is 5.73. The summed E-state index contributed by atoms with van der Waals surface area (Å²) in [6.07, 6.45) is 7.18. The molecule has 3 rings (SSSR count). The first-order valence-corrected chi connectivity index (χ1v) is 7.45. The predicted octanol–water partition coefficient (Wildman–Crippen LogP) is 3.31. The minimum Gasteiger partial charge on any atom is -0.353 e. The SMILES string of the molecule is O=[N+]([O-])c1cnc(NCC2(c3ccccc3)CCCC2)nc1. The molecule has 114 valence electrons. The fourth-order valence-electron chi connectivity index (χ4n) is 3.17. The van der Waals surface area contributed by atoms with Crippen LogP contribution in [0.25, 0.3) is 0 Å². The summed E-state index contributed by atoms with van der Waals surface area (Å²) in [7, 11) is 0. The molecular formula is C16H18N4O2. The van der Waals surface area contributed by atoms with Gasteiger partial charge in [-0.2, -0.15) is 0 Å². The molecule has 0 radical (unpaired) electrons. The number of nitro groups is 1. The van der Waals surface area contributed by atoms with Crippen molar-refractivity contribution in [1.29, 1.82) is 0 Å². The summed E-state index contributed by atoms with van der Waals surface area (Å²) < 4.78 is 0. The van der Waals surface area contributed by atoms with Crippen LogP contribution in [0.5, 0.6) is 0 Å². The van der Waals surface area contributed by atoms with Gasteiger partial charge in [-0.25, -0.2) is 9.97 Å². The average molecular weight is 298 g/mol. The van der Waals surface area contributed by atoms with Gasteiger partial charge in [-0.15, -0.1) is 0 Å². The van der Waals surface area contributed by atoms with E-state index in [1.54, 1.807) is 0 Å². The number of benzene rings is 1. The van der Waals surface area contributed by atoms with E-state index in [0.717, 1.165) is 19.4 Å². The summed E-state index contributed by atoms with van der Waals surface area (Å²) in [5.74, 6) is 0.438. The van der Waals surface area contributed by atoms with E-state index < -0.39 is 4.92 Å². The molecule has 0 bridgehead atoms. The Hall–Kier alpha value is -2.50. The van der Waals surface area contributed by atoms with Crippen LogP contribution in [0, 0.1) is 10.1 Å². The summed E-state index contributed by atoms with van der Waals surface area (Å²) in [6, 6.07) is 10.5. The molecule has 2 aromatic rings. The summed E-state index contributed by atoms with van der Waals surface area (Å²) in [5, 5.41) is 13.9. The van der Waals surface area contributed by atoms with E-state index in [2.05, 4.69) is 39.6 Å². The summed E-state index contributed by atoms with van der Waals surface area (Å²) in [6.45, 7) is 0.745. The van der Waals surface area contributed by atoms with Gasteiger partial charge in [0.15, 0.2) is 0 Å². The Balaban J connectivity index is 1.74. The summed E-state index contributed by atoms with van der Waals surface area (Å²) in [4.78, 5) is 18.2. The highest BCUT2D eigenvalue weighted by atomic mass is 16.6. The number of nitrogens with zero attached hydrogens (tertiary/aromatic N) is 3. The Bertz CT molecular complexity index is 637. The van der Waals surface area contributed by atoms with Crippen molar-refractivity contribution >= 4 is 11.6 Å². The van der Waals surface area contributed by atoms with Crippen LogP contribution in [0.3, 0.4) is 0 Å². The van der Waals surface area contributed by atoms with Crippen LogP contribution < -0.4 is 5.32 Å². The van der Waals surface area contributed by atoms with E-state index in [4.69, 9.17) is 0 Å². The van der Waals surface area contributed by atoms with Gasteiger partial charge in [-0.05, 0) is 18.4 Å². The van der Waals surface area contributed by atoms with Crippen LogP contribution >= 0.6 is 0 Å². The van der Waals surface area contributed by atoms with E-state index in [0.29, 0.717) is 5.95 Å². The van der Waals surface area contributed by atoms with Crippen molar-refractivity contribution in [3.8, 4) is 0 Å². The molecule has 6 heteroatoms. The quantitative estimate of drug-likeness (QED) is 0.676. The van der Waals surface area contributed by atoms with Crippen LogP contribution in [0.2, 0.25) is 0 Å². The Morgan fingerprint density at radius 2 is 1.77 bits per heavy atom. The monoisotopic (exact) mass is 298 g/mol. The van der Waals surface area contributed by atoms with E-state index in [1.165, 1.54) is 30.8 Å². The molecule has 1 saturated carbocycles. The molecule has 0 spiro atoms. The summed E-state index contributed by atoms with van der Waals surface area (Å²) >= 11 is 0. The van der Waals surface area contributed by atoms with Crippen LogP contribution in [-0.2, 0) is 5.41 Å². The van der Waals surface area contributed by atoms with Crippen LogP contribution in [-0.4, -0.2) is 21.4 Å². The lowest BCUT2D eigenvalue weighted by atomic mass is 9.79. The maximum Gasteiger partial charge on any atom is 0.305 e. The van der Waals surface area contributed by atoms with Gasteiger partial charge in [-0.1, -0.05) is 43.2 Å². The second kappa shape index (κ2) is 6.09. The maximum atomic E-state index is 10.6.